The van der Waals surface area contributed by atoms with Crippen LogP contribution in [0.1, 0.15) is 65.2 Å². The van der Waals surface area contributed by atoms with Crippen molar-refractivity contribution in [3.05, 3.63) is 11.6 Å². The zero-order valence-corrected chi connectivity index (χ0v) is 9.81. The van der Waals surface area contributed by atoms with E-state index < -0.39 is 0 Å². The molecular weight excluding hydrogens is 168 g/mol. The van der Waals surface area contributed by atoms with E-state index >= 15 is 0 Å². The summed E-state index contributed by atoms with van der Waals surface area (Å²) in [6.07, 6.45) is 14.3. The van der Waals surface area contributed by atoms with Gasteiger partial charge < -0.3 is 0 Å². The summed E-state index contributed by atoms with van der Waals surface area (Å²) in [6, 6.07) is 0. The average Bonchev–Trinajstić information content (AvgIpc) is 2.19. The van der Waals surface area contributed by atoms with Gasteiger partial charge in [-0.3, -0.25) is 0 Å². The van der Waals surface area contributed by atoms with E-state index in [-0.39, 0.29) is 0 Å². The molecule has 1 fully saturated rings. The van der Waals surface area contributed by atoms with E-state index in [2.05, 4.69) is 19.9 Å². The maximum Gasteiger partial charge on any atom is -0.0257 e. The second-order valence-corrected chi connectivity index (χ2v) is 5.71. The van der Waals surface area contributed by atoms with Crippen LogP contribution in [-0.2, 0) is 0 Å². The monoisotopic (exact) mass is 192 g/mol. The molecule has 0 radical (unpaired) electrons. The first-order valence-corrected chi connectivity index (χ1v) is 6.41. The highest BCUT2D eigenvalue weighted by Crippen LogP contribution is 2.48. The fraction of sp³-hybridized carbons (Fsp3) is 0.857. The predicted octanol–water partition coefficient (Wildman–Crippen LogP) is 4.70. The lowest BCUT2D eigenvalue weighted by Gasteiger charge is -2.41. The van der Waals surface area contributed by atoms with E-state index in [0.29, 0.717) is 0 Å². The molecule has 1 saturated carbocycles. The first kappa shape index (κ1) is 10.3. The molecule has 0 atom stereocenters. The molecule has 0 aromatic carbocycles. The molecule has 0 saturated heterocycles. The third-order valence-corrected chi connectivity index (χ3v) is 4.32. The minimum absolute atomic E-state index is 0.743. The third kappa shape index (κ3) is 2.04. The zero-order chi connectivity index (χ0) is 10.0. The second kappa shape index (κ2) is 4.08. The summed E-state index contributed by atoms with van der Waals surface area (Å²) >= 11 is 0. The van der Waals surface area contributed by atoms with Crippen LogP contribution in [0.25, 0.3) is 0 Å². The lowest BCUT2D eigenvalue weighted by atomic mass is 9.64. The minimum atomic E-state index is 0.743. The Kier molecular flexibility index (Phi) is 2.99. The van der Waals surface area contributed by atoms with Crippen molar-refractivity contribution in [3.8, 4) is 0 Å². The van der Waals surface area contributed by atoms with Gasteiger partial charge in [0.25, 0.3) is 0 Å². The first-order chi connectivity index (χ1) is 6.72. The highest BCUT2D eigenvalue weighted by Gasteiger charge is 2.34. The van der Waals surface area contributed by atoms with Crippen LogP contribution in [0, 0.1) is 11.3 Å². The summed E-state index contributed by atoms with van der Waals surface area (Å²) in [5.74, 6) is 0.786. The van der Waals surface area contributed by atoms with Crippen molar-refractivity contribution in [2.75, 3.05) is 0 Å². The van der Waals surface area contributed by atoms with Crippen LogP contribution in [0.5, 0.6) is 0 Å². The van der Waals surface area contributed by atoms with Crippen molar-refractivity contribution in [3.63, 3.8) is 0 Å². The maximum absolute atomic E-state index is 2.52. The van der Waals surface area contributed by atoms with Gasteiger partial charge in [0.05, 0.1) is 0 Å². The number of allylic oxidation sites excluding steroid dienone is 2. The standard InChI is InChI=1S/C14H24/c1-12(2)13-7-6-10-14(11-13)8-4-3-5-9-14/h7,12H,3-6,8-11H2,1-2H3. The van der Waals surface area contributed by atoms with E-state index in [0.717, 1.165) is 11.3 Å². The van der Waals surface area contributed by atoms with Gasteiger partial charge in [-0.2, -0.15) is 0 Å². The van der Waals surface area contributed by atoms with Crippen LogP contribution < -0.4 is 0 Å². The van der Waals surface area contributed by atoms with Gasteiger partial charge in [-0.25, -0.2) is 0 Å². The Balaban J connectivity index is 2.05. The molecule has 0 aromatic rings. The number of hydrogen-bond donors (Lipinski definition) is 0. The molecule has 14 heavy (non-hydrogen) atoms. The molecule has 0 nitrogen and oxygen atoms in total. The fourth-order valence-electron chi connectivity index (χ4n) is 3.33. The molecule has 0 unspecified atom stereocenters. The molecule has 2 aliphatic carbocycles. The third-order valence-electron chi connectivity index (χ3n) is 4.32. The fourth-order valence-corrected chi connectivity index (χ4v) is 3.33. The highest BCUT2D eigenvalue weighted by molar-refractivity contribution is 5.13. The Morgan fingerprint density at radius 1 is 1.07 bits per heavy atom. The van der Waals surface area contributed by atoms with Crippen LogP contribution in [-0.4, -0.2) is 0 Å². The number of hydrogen-bond acceptors (Lipinski definition) is 0. The van der Waals surface area contributed by atoms with Gasteiger partial charge in [-0.05, 0) is 43.4 Å². The molecule has 80 valence electrons. The van der Waals surface area contributed by atoms with Crippen molar-refractivity contribution in [2.24, 2.45) is 11.3 Å². The zero-order valence-electron chi connectivity index (χ0n) is 9.81. The molecular formula is C14H24. The lowest BCUT2D eigenvalue weighted by Crippen LogP contribution is -2.27. The summed E-state index contributed by atoms with van der Waals surface area (Å²) in [7, 11) is 0. The van der Waals surface area contributed by atoms with Crippen LogP contribution in [0.15, 0.2) is 11.6 Å². The van der Waals surface area contributed by atoms with Gasteiger partial charge in [0, 0.05) is 0 Å². The summed E-state index contributed by atoms with van der Waals surface area (Å²) in [4.78, 5) is 0. The van der Waals surface area contributed by atoms with Gasteiger partial charge in [0.1, 0.15) is 0 Å². The summed E-state index contributed by atoms with van der Waals surface area (Å²) in [6.45, 7) is 4.71. The Hall–Kier alpha value is -0.260. The normalized spacial score (nSPS) is 26.6. The van der Waals surface area contributed by atoms with Gasteiger partial charge in [-0.15, -0.1) is 0 Å². The Labute approximate surface area is 88.8 Å². The van der Waals surface area contributed by atoms with E-state index in [1.165, 1.54) is 51.4 Å². The topological polar surface area (TPSA) is 0 Å². The summed E-state index contributed by atoms with van der Waals surface area (Å²) in [5, 5.41) is 0. The van der Waals surface area contributed by atoms with Crippen LogP contribution in [0.3, 0.4) is 0 Å². The number of rotatable bonds is 1. The van der Waals surface area contributed by atoms with Crippen molar-refractivity contribution in [2.45, 2.75) is 65.2 Å². The quantitative estimate of drug-likeness (QED) is 0.528. The van der Waals surface area contributed by atoms with Crippen LogP contribution in [0.2, 0.25) is 0 Å². The lowest BCUT2D eigenvalue weighted by molar-refractivity contribution is 0.160. The van der Waals surface area contributed by atoms with Crippen molar-refractivity contribution in [1.29, 1.82) is 0 Å². The van der Waals surface area contributed by atoms with Crippen molar-refractivity contribution in [1.82, 2.24) is 0 Å². The Morgan fingerprint density at radius 2 is 1.79 bits per heavy atom. The molecule has 2 aliphatic rings. The Bertz CT molecular complexity index is 216. The van der Waals surface area contributed by atoms with E-state index in [9.17, 15) is 0 Å². The predicted molar refractivity (Wildman–Crippen MR) is 62.3 cm³/mol. The second-order valence-electron chi connectivity index (χ2n) is 5.71. The first-order valence-electron chi connectivity index (χ1n) is 6.41. The van der Waals surface area contributed by atoms with Gasteiger partial charge in [-0.1, -0.05) is 44.8 Å². The molecule has 0 heteroatoms. The molecule has 0 aromatic heterocycles. The van der Waals surface area contributed by atoms with E-state index in [4.69, 9.17) is 0 Å². The van der Waals surface area contributed by atoms with E-state index in [1.54, 1.807) is 5.57 Å². The average molecular weight is 192 g/mol. The maximum atomic E-state index is 2.52. The molecule has 0 amide bonds. The highest BCUT2D eigenvalue weighted by atomic mass is 14.4. The summed E-state index contributed by atoms with van der Waals surface area (Å²) < 4.78 is 0. The molecule has 0 heterocycles. The van der Waals surface area contributed by atoms with E-state index in [1.807, 2.05) is 0 Å². The summed E-state index contributed by atoms with van der Waals surface area (Å²) in [5.41, 5.74) is 2.49. The molecule has 1 spiro atoms. The Morgan fingerprint density at radius 3 is 2.43 bits per heavy atom. The van der Waals surface area contributed by atoms with Gasteiger partial charge in [0.2, 0.25) is 0 Å². The van der Waals surface area contributed by atoms with Crippen LogP contribution >= 0.6 is 0 Å². The SMILES string of the molecule is CC(C)C1=CCCC2(CCCCC2)C1. The van der Waals surface area contributed by atoms with Crippen LogP contribution in [0.4, 0.5) is 0 Å². The van der Waals surface area contributed by atoms with Gasteiger partial charge >= 0.3 is 0 Å². The van der Waals surface area contributed by atoms with Crippen molar-refractivity contribution >= 4 is 0 Å². The smallest absolute Gasteiger partial charge is 0.0257 e. The van der Waals surface area contributed by atoms with Gasteiger partial charge in [0.15, 0.2) is 0 Å². The molecule has 0 N–H and O–H groups in total. The largest absolute Gasteiger partial charge is 0.0850 e. The molecule has 0 aliphatic heterocycles. The molecule has 0 bridgehead atoms. The molecule has 2 rings (SSSR count). The minimum Gasteiger partial charge on any atom is -0.0850 e. The van der Waals surface area contributed by atoms with Crippen molar-refractivity contribution < 1.29 is 0 Å².